The largest absolute Gasteiger partial charge is 0.373 e. The molecule has 0 bridgehead atoms. The quantitative estimate of drug-likeness (QED) is 0.561. The molecule has 0 radical (unpaired) electrons. The third-order valence-corrected chi connectivity index (χ3v) is 3.09. The molecule has 0 aliphatic carbocycles. The Morgan fingerprint density at radius 1 is 1.06 bits per heavy atom. The van der Waals surface area contributed by atoms with Gasteiger partial charge < -0.3 is 4.74 Å². The molecule has 0 aromatic rings. The van der Waals surface area contributed by atoms with E-state index in [1.165, 1.54) is 32.1 Å². The molecule has 0 amide bonds. The Balaban J connectivity index is 3.77. The second-order valence-electron chi connectivity index (χ2n) is 5.97. The number of carbonyl (C=O) groups is 1. The molecule has 2 heteroatoms. The molecule has 0 N–H and O–H groups in total. The zero-order valence-electron chi connectivity index (χ0n) is 12.3. The number of methoxy groups -OCH3 is 1. The highest BCUT2D eigenvalue weighted by Crippen LogP contribution is 2.24. The van der Waals surface area contributed by atoms with Crippen LogP contribution in [0.5, 0.6) is 0 Å². The van der Waals surface area contributed by atoms with Gasteiger partial charge in [0.05, 0.1) is 0 Å². The number of ketones is 1. The highest BCUT2D eigenvalue weighted by Gasteiger charge is 2.30. The molecule has 0 aromatic heterocycles. The van der Waals surface area contributed by atoms with Crippen molar-refractivity contribution in [3.05, 3.63) is 0 Å². The first-order valence-corrected chi connectivity index (χ1v) is 6.99. The minimum absolute atomic E-state index is 0.0892. The topological polar surface area (TPSA) is 26.3 Å². The zero-order chi connectivity index (χ0) is 13.3. The summed E-state index contributed by atoms with van der Waals surface area (Å²) < 4.78 is 5.32. The Hall–Kier alpha value is -0.370. The van der Waals surface area contributed by atoms with Gasteiger partial charge in [0, 0.05) is 13.5 Å². The average Bonchev–Trinajstić information content (AvgIpc) is 2.22. The van der Waals surface area contributed by atoms with Gasteiger partial charge in [-0.1, -0.05) is 59.8 Å². The fourth-order valence-corrected chi connectivity index (χ4v) is 2.18. The third-order valence-electron chi connectivity index (χ3n) is 3.09. The Bertz CT molecular complexity index is 203. The maximum absolute atomic E-state index is 12.0. The van der Waals surface area contributed by atoms with Crippen LogP contribution in [-0.4, -0.2) is 19.0 Å². The number of carbonyl (C=O) groups excluding carboxylic acids is 1. The molecule has 0 fully saturated rings. The first-order valence-electron chi connectivity index (χ1n) is 6.99. The van der Waals surface area contributed by atoms with E-state index < -0.39 is 0 Å². The smallest absolute Gasteiger partial charge is 0.162 e. The molecular formula is C15H30O2. The number of rotatable bonds is 9. The molecule has 0 aromatic carbocycles. The molecule has 0 spiro atoms. The molecule has 0 saturated carbocycles. The standard InChI is InChI=1S/C15H30O2/c1-6-7-8-9-10-11-12-13(16)14(17-5)15(2,3)4/h14H,6-12H2,1-5H3. The van der Waals surface area contributed by atoms with Gasteiger partial charge in [-0.05, 0) is 11.8 Å². The Morgan fingerprint density at radius 2 is 1.59 bits per heavy atom. The monoisotopic (exact) mass is 242 g/mol. The molecule has 0 rings (SSSR count). The van der Waals surface area contributed by atoms with E-state index in [0.717, 1.165) is 6.42 Å². The van der Waals surface area contributed by atoms with Gasteiger partial charge in [0.15, 0.2) is 5.78 Å². The Morgan fingerprint density at radius 3 is 2.06 bits per heavy atom. The predicted molar refractivity (Wildman–Crippen MR) is 73.3 cm³/mol. The van der Waals surface area contributed by atoms with Gasteiger partial charge in [0.25, 0.3) is 0 Å². The van der Waals surface area contributed by atoms with Crippen molar-refractivity contribution in [1.29, 1.82) is 0 Å². The second-order valence-corrected chi connectivity index (χ2v) is 5.97. The van der Waals surface area contributed by atoms with E-state index in [2.05, 4.69) is 27.7 Å². The van der Waals surface area contributed by atoms with Gasteiger partial charge in [-0.3, -0.25) is 4.79 Å². The molecule has 2 nitrogen and oxygen atoms in total. The van der Waals surface area contributed by atoms with Gasteiger partial charge in [-0.15, -0.1) is 0 Å². The Kier molecular flexibility index (Phi) is 8.49. The van der Waals surface area contributed by atoms with Crippen molar-refractivity contribution in [2.75, 3.05) is 7.11 Å². The minimum Gasteiger partial charge on any atom is -0.373 e. The summed E-state index contributed by atoms with van der Waals surface area (Å²) in [5, 5.41) is 0. The summed E-state index contributed by atoms with van der Waals surface area (Å²) in [5.74, 6) is 0.260. The number of hydrogen-bond donors (Lipinski definition) is 0. The van der Waals surface area contributed by atoms with Gasteiger partial charge >= 0.3 is 0 Å². The van der Waals surface area contributed by atoms with Crippen LogP contribution in [0.1, 0.15) is 72.6 Å². The summed E-state index contributed by atoms with van der Waals surface area (Å²) in [7, 11) is 1.63. The lowest BCUT2D eigenvalue weighted by Crippen LogP contribution is -2.36. The lowest BCUT2D eigenvalue weighted by atomic mass is 9.85. The van der Waals surface area contributed by atoms with Gasteiger partial charge in [-0.25, -0.2) is 0 Å². The van der Waals surface area contributed by atoms with Crippen molar-refractivity contribution >= 4 is 5.78 Å². The highest BCUT2D eigenvalue weighted by molar-refractivity contribution is 5.83. The van der Waals surface area contributed by atoms with Crippen LogP contribution in [0.4, 0.5) is 0 Å². The molecular weight excluding hydrogens is 212 g/mol. The van der Waals surface area contributed by atoms with Crippen molar-refractivity contribution < 1.29 is 9.53 Å². The summed E-state index contributed by atoms with van der Waals surface area (Å²) in [5.41, 5.74) is -0.0892. The Labute approximate surface area is 107 Å². The first kappa shape index (κ1) is 16.6. The van der Waals surface area contributed by atoms with Crippen molar-refractivity contribution in [2.24, 2.45) is 5.41 Å². The summed E-state index contributed by atoms with van der Waals surface area (Å²) >= 11 is 0. The molecule has 0 heterocycles. The molecule has 0 saturated heterocycles. The number of hydrogen-bond acceptors (Lipinski definition) is 2. The maximum atomic E-state index is 12.0. The lowest BCUT2D eigenvalue weighted by Gasteiger charge is -2.28. The summed E-state index contributed by atoms with van der Waals surface area (Å²) in [4.78, 5) is 12.0. The summed E-state index contributed by atoms with van der Waals surface area (Å²) in [6.45, 7) is 8.39. The van der Waals surface area contributed by atoms with Crippen LogP contribution in [0.25, 0.3) is 0 Å². The second kappa shape index (κ2) is 8.68. The van der Waals surface area contributed by atoms with E-state index in [1.54, 1.807) is 7.11 Å². The summed E-state index contributed by atoms with van der Waals surface area (Å²) in [6, 6.07) is 0. The van der Waals surface area contributed by atoms with Crippen molar-refractivity contribution in [3.8, 4) is 0 Å². The van der Waals surface area contributed by atoms with Crippen LogP contribution in [0, 0.1) is 5.41 Å². The summed E-state index contributed by atoms with van der Waals surface area (Å²) in [6.07, 6.45) is 7.75. The number of Topliss-reactive ketones (excluding diaryl/α,β-unsaturated/α-hetero) is 1. The van der Waals surface area contributed by atoms with E-state index in [1.807, 2.05) is 0 Å². The molecule has 1 unspecified atom stereocenters. The average molecular weight is 242 g/mol. The van der Waals surface area contributed by atoms with Gasteiger partial charge in [-0.2, -0.15) is 0 Å². The van der Waals surface area contributed by atoms with E-state index in [9.17, 15) is 4.79 Å². The molecule has 102 valence electrons. The van der Waals surface area contributed by atoms with Crippen LogP contribution >= 0.6 is 0 Å². The SMILES string of the molecule is CCCCCCCCC(=O)C(OC)C(C)(C)C. The highest BCUT2D eigenvalue weighted by atomic mass is 16.5. The van der Waals surface area contributed by atoms with E-state index in [-0.39, 0.29) is 17.3 Å². The van der Waals surface area contributed by atoms with E-state index in [0.29, 0.717) is 6.42 Å². The van der Waals surface area contributed by atoms with Crippen molar-refractivity contribution in [2.45, 2.75) is 78.7 Å². The van der Waals surface area contributed by atoms with Crippen LogP contribution in [0.15, 0.2) is 0 Å². The molecule has 0 aliphatic heterocycles. The first-order chi connectivity index (χ1) is 7.93. The van der Waals surface area contributed by atoms with E-state index in [4.69, 9.17) is 4.74 Å². The third kappa shape index (κ3) is 7.54. The van der Waals surface area contributed by atoms with Crippen LogP contribution in [0.3, 0.4) is 0 Å². The normalized spacial score (nSPS) is 13.7. The molecule has 17 heavy (non-hydrogen) atoms. The molecule has 0 aliphatic rings. The number of unbranched alkanes of at least 4 members (excludes halogenated alkanes) is 5. The van der Waals surface area contributed by atoms with E-state index >= 15 is 0 Å². The van der Waals surface area contributed by atoms with Crippen LogP contribution in [-0.2, 0) is 9.53 Å². The predicted octanol–water partition coefficient (Wildman–Crippen LogP) is 4.37. The fraction of sp³-hybridized carbons (Fsp3) is 0.933. The molecule has 1 atom stereocenters. The number of ether oxygens (including phenoxy) is 1. The minimum atomic E-state index is -0.252. The van der Waals surface area contributed by atoms with Gasteiger partial charge in [0.1, 0.15) is 6.10 Å². The van der Waals surface area contributed by atoms with Crippen molar-refractivity contribution in [1.82, 2.24) is 0 Å². The van der Waals surface area contributed by atoms with Crippen LogP contribution in [0.2, 0.25) is 0 Å². The maximum Gasteiger partial charge on any atom is 0.162 e. The van der Waals surface area contributed by atoms with Gasteiger partial charge in [0.2, 0.25) is 0 Å². The lowest BCUT2D eigenvalue weighted by molar-refractivity contribution is -0.135. The van der Waals surface area contributed by atoms with Crippen LogP contribution < -0.4 is 0 Å². The fourth-order valence-electron chi connectivity index (χ4n) is 2.18. The zero-order valence-corrected chi connectivity index (χ0v) is 12.3. The van der Waals surface area contributed by atoms with Crippen molar-refractivity contribution in [3.63, 3.8) is 0 Å².